The summed E-state index contributed by atoms with van der Waals surface area (Å²) in [6.07, 6.45) is 0.710. The Labute approximate surface area is 160 Å². The Morgan fingerprint density at radius 3 is 2.78 bits per heavy atom. The number of thiophene rings is 1. The van der Waals surface area contributed by atoms with Crippen LogP contribution in [0.3, 0.4) is 0 Å². The van der Waals surface area contributed by atoms with Crippen LogP contribution in [0.2, 0.25) is 0 Å². The Balaban J connectivity index is 1.67. The minimum Gasteiger partial charge on any atom is -0.451 e. The van der Waals surface area contributed by atoms with E-state index in [1.807, 2.05) is 41.9 Å². The van der Waals surface area contributed by atoms with Gasteiger partial charge in [0.15, 0.2) is 6.61 Å². The predicted molar refractivity (Wildman–Crippen MR) is 103 cm³/mol. The molecule has 0 fully saturated rings. The zero-order valence-corrected chi connectivity index (χ0v) is 16.0. The molecular weight excluding hydrogens is 366 g/mol. The van der Waals surface area contributed by atoms with Crippen LogP contribution in [0.4, 0.5) is 0 Å². The van der Waals surface area contributed by atoms with Gasteiger partial charge in [-0.25, -0.2) is 9.48 Å². The van der Waals surface area contributed by atoms with Crippen molar-refractivity contribution in [3.8, 4) is 5.69 Å². The van der Waals surface area contributed by atoms with Crippen molar-refractivity contribution in [2.75, 3.05) is 26.9 Å². The molecule has 0 aliphatic rings. The summed E-state index contributed by atoms with van der Waals surface area (Å²) in [4.78, 5) is 25.3. The number of fused-ring (bicyclic) bond motifs is 1. The molecule has 142 valence electrons. The van der Waals surface area contributed by atoms with Gasteiger partial charge in [0.1, 0.15) is 9.71 Å². The van der Waals surface area contributed by atoms with Crippen molar-refractivity contribution in [3.05, 3.63) is 47.0 Å². The number of rotatable bonds is 8. The monoisotopic (exact) mass is 387 g/mol. The minimum absolute atomic E-state index is 0.302. The van der Waals surface area contributed by atoms with Crippen molar-refractivity contribution < 1.29 is 19.1 Å². The molecule has 0 radical (unpaired) electrons. The largest absolute Gasteiger partial charge is 0.451 e. The maximum atomic E-state index is 12.3. The lowest BCUT2D eigenvalue weighted by molar-refractivity contribution is -0.124. The Kier molecular flexibility index (Phi) is 6.20. The zero-order valence-electron chi connectivity index (χ0n) is 15.2. The fourth-order valence-electron chi connectivity index (χ4n) is 2.59. The number of aromatic nitrogens is 2. The molecule has 0 saturated heterocycles. The SMILES string of the molecule is COCCCNC(=O)COC(=O)c1cc2c(C)nn(-c3ccccc3)c2s1. The molecule has 1 aromatic carbocycles. The first kappa shape index (κ1) is 19.1. The molecule has 2 heterocycles. The van der Waals surface area contributed by atoms with Gasteiger partial charge >= 0.3 is 5.97 Å². The summed E-state index contributed by atoms with van der Waals surface area (Å²) >= 11 is 1.30. The normalized spacial score (nSPS) is 10.9. The Morgan fingerprint density at radius 1 is 1.26 bits per heavy atom. The Morgan fingerprint density at radius 2 is 2.04 bits per heavy atom. The quantitative estimate of drug-likeness (QED) is 0.475. The summed E-state index contributed by atoms with van der Waals surface area (Å²) in [6, 6.07) is 11.5. The summed E-state index contributed by atoms with van der Waals surface area (Å²) in [6.45, 7) is 2.65. The highest BCUT2D eigenvalue weighted by atomic mass is 32.1. The van der Waals surface area contributed by atoms with Gasteiger partial charge in [0.25, 0.3) is 5.91 Å². The second kappa shape index (κ2) is 8.79. The van der Waals surface area contributed by atoms with Crippen molar-refractivity contribution in [2.45, 2.75) is 13.3 Å². The molecule has 0 bridgehead atoms. The number of methoxy groups -OCH3 is 1. The number of hydrogen-bond acceptors (Lipinski definition) is 6. The third-order valence-corrected chi connectivity index (χ3v) is 5.02. The van der Waals surface area contributed by atoms with Gasteiger partial charge < -0.3 is 14.8 Å². The van der Waals surface area contributed by atoms with E-state index in [9.17, 15) is 9.59 Å². The maximum Gasteiger partial charge on any atom is 0.348 e. The van der Waals surface area contributed by atoms with E-state index in [2.05, 4.69) is 10.4 Å². The number of esters is 1. The van der Waals surface area contributed by atoms with Crippen LogP contribution in [-0.2, 0) is 14.3 Å². The van der Waals surface area contributed by atoms with Crippen LogP contribution in [0.5, 0.6) is 0 Å². The third kappa shape index (κ3) is 4.53. The first-order valence-electron chi connectivity index (χ1n) is 8.57. The molecule has 7 nitrogen and oxygen atoms in total. The molecule has 0 atom stereocenters. The van der Waals surface area contributed by atoms with E-state index >= 15 is 0 Å². The van der Waals surface area contributed by atoms with Crippen molar-refractivity contribution in [3.63, 3.8) is 0 Å². The van der Waals surface area contributed by atoms with Crippen LogP contribution in [0.15, 0.2) is 36.4 Å². The summed E-state index contributed by atoms with van der Waals surface area (Å²) in [7, 11) is 1.60. The van der Waals surface area contributed by atoms with Gasteiger partial charge in [0.05, 0.1) is 11.4 Å². The molecule has 3 rings (SSSR count). The molecule has 1 amide bonds. The van der Waals surface area contributed by atoms with E-state index in [0.717, 1.165) is 21.6 Å². The molecule has 0 aliphatic carbocycles. The second-order valence-electron chi connectivity index (χ2n) is 5.93. The number of aryl methyl sites for hydroxylation is 1. The van der Waals surface area contributed by atoms with E-state index in [1.165, 1.54) is 11.3 Å². The molecule has 0 unspecified atom stereocenters. The Bertz CT molecular complexity index is 933. The first-order chi connectivity index (χ1) is 13.1. The van der Waals surface area contributed by atoms with Crippen LogP contribution in [0.1, 0.15) is 21.8 Å². The molecule has 0 saturated carbocycles. The number of nitrogens with one attached hydrogen (secondary N) is 1. The fraction of sp³-hybridized carbons (Fsp3) is 0.316. The molecular formula is C19H21N3O4S. The van der Waals surface area contributed by atoms with E-state index < -0.39 is 5.97 Å². The lowest BCUT2D eigenvalue weighted by Gasteiger charge is -2.05. The average molecular weight is 387 g/mol. The molecule has 2 aromatic heterocycles. The molecule has 0 aliphatic heterocycles. The smallest absolute Gasteiger partial charge is 0.348 e. The highest BCUT2D eigenvalue weighted by Crippen LogP contribution is 2.30. The fourth-order valence-corrected chi connectivity index (χ4v) is 3.67. The van der Waals surface area contributed by atoms with Crippen molar-refractivity contribution in [1.29, 1.82) is 0 Å². The standard InChI is InChI=1S/C19H21N3O4S/c1-13-15-11-16(19(24)26-12-17(23)20-9-6-10-25-2)27-18(15)22(21-13)14-7-4-3-5-8-14/h3-5,7-8,11H,6,9-10,12H2,1-2H3,(H,20,23). The van der Waals surface area contributed by atoms with Gasteiger partial charge in [-0.05, 0) is 31.5 Å². The maximum absolute atomic E-state index is 12.3. The second-order valence-corrected chi connectivity index (χ2v) is 6.97. The summed E-state index contributed by atoms with van der Waals surface area (Å²) in [5.41, 5.74) is 1.76. The lowest BCUT2D eigenvalue weighted by Crippen LogP contribution is -2.30. The number of amides is 1. The number of nitrogens with zero attached hydrogens (tertiary/aromatic N) is 2. The molecule has 1 N–H and O–H groups in total. The van der Waals surface area contributed by atoms with Gasteiger partial charge in [-0.3, -0.25) is 4.79 Å². The van der Waals surface area contributed by atoms with Crippen molar-refractivity contribution in [2.24, 2.45) is 0 Å². The molecule has 27 heavy (non-hydrogen) atoms. The highest BCUT2D eigenvalue weighted by molar-refractivity contribution is 7.20. The van der Waals surface area contributed by atoms with Gasteiger partial charge in [-0.2, -0.15) is 5.10 Å². The molecule has 8 heteroatoms. The summed E-state index contributed by atoms with van der Waals surface area (Å²) in [5, 5.41) is 8.13. The van der Waals surface area contributed by atoms with Crippen LogP contribution in [0.25, 0.3) is 15.9 Å². The van der Waals surface area contributed by atoms with Gasteiger partial charge in [-0.15, -0.1) is 11.3 Å². The number of para-hydroxylation sites is 1. The highest BCUT2D eigenvalue weighted by Gasteiger charge is 2.18. The van der Waals surface area contributed by atoms with E-state index in [1.54, 1.807) is 13.2 Å². The van der Waals surface area contributed by atoms with Crippen molar-refractivity contribution in [1.82, 2.24) is 15.1 Å². The molecule has 3 aromatic rings. The summed E-state index contributed by atoms with van der Waals surface area (Å²) in [5.74, 6) is -0.838. The zero-order chi connectivity index (χ0) is 19.2. The van der Waals surface area contributed by atoms with Crippen molar-refractivity contribution >= 4 is 33.4 Å². The Hall–Kier alpha value is -2.71. The number of carbonyl (C=O) groups is 2. The number of ether oxygens (including phenoxy) is 2. The van der Waals surface area contributed by atoms with Crippen LogP contribution in [-0.4, -0.2) is 48.5 Å². The van der Waals surface area contributed by atoms with E-state index in [-0.39, 0.29) is 12.5 Å². The minimum atomic E-state index is -0.512. The topological polar surface area (TPSA) is 82.4 Å². The molecule has 0 spiro atoms. The van der Waals surface area contributed by atoms with E-state index in [4.69, 9.17) is 9.47 Å². The summed E-state index contributed by atoms with van der Waals surface area (Å²) < 4.78 is 11.9. The van der Waals surface area contributed by atoms with Crippen LogP contribution in [0, 0.1) is 6.92 Å². The van der Waals surface area contributed by atoms with Gasteiger partial charge in [0, 0.05) is 25.6 Å². The van der Waals surface area contributed by atoms with Crippen LogP contribution >= 0.6 is 11.3 Å². The number of hydrogen-bond donors (Lipinski definition) is 1. The van der Waals surface area contributed by atoms with Crippen LogP contribution < -0.4 is 5.32 Å². The number of carbonyl (C=O) groups excluding carboxylic acids is 2. The average Bonchev–Trinajstić information content (AvgIpc) is 3.25. The van der Waals surface area contributed by atoms with Gasteiger partial charge in [0.2, 0.25) is 0 Å². The van der Waals surface area contributed by atoms with Gasteiger partial charge in [-0.1, -0.05) is 18.2 Å². The number of benzene rings is 1. The first-order valence-corrected chi connectivity index (χ1v) is 9.39. The lowest BCUT2D eigenvalue weighted by atomic mass is 10.3. The predicted octanol–water partition coefficient (Wildman–Crippen LogP) is 2.70. The third-order valence-electron chi connectivity index (χ3n) is 3.93. The van der Waals surface area contributed by atoms with E-state index in [0.29, 0.717) is 24.4 Å².